The van der Waals surface area contributed by atoms with Crippen LogP contribution in [0, 0.1) is 5.41 Å². The van der Waals surface area contributed by atoms with Gasteiger partial charge in [-0.05, 0) is 55.4 Å². The third-order valence-corrected chi connectivity index (χ3v) is 8.25. The van der Waals surface area contributed by atoms with Crippen molar-refractivity contribution < 1.29 is 9.59 Å². The van der Waals surface area contributed by atoms with Crippen LogP contribution in [0.25, 0.3) is 0 Å². The average molecular weight is 496 g/mol. The van der Waals surface area contributed by atoms with E-state index in [1.807, 2.05) is 17.3 Å². The quantitative estimate of drug-likeness (QED) is 0.553. The molecule has 4 heterocycles. The van der Waals surface area contributed by atoms with Crippen LogP contribution >= 0.6 is 22.9 Å². The Labute approximate surface area is 207 Å². The van der Waals surface area contributed by atoms with Gasteiger partial charge < -0.3 is 9.80 Å². The average Bonchev–Trinajstić information content (AvgIpc) is 3.34. The fourth-order valence-electron chi connectivity index (χ4n) is 4.87. The van der Waals surface area contributed by atoms with Crippen molar-refractivity contribution in [3.05, 3.63) is 70.5 Å². The molecule has 1 spiro atoms. The van der Waals surface area contributed by atoms with E-state index >= 15 is 0 Å². The Kier molecular flexibility index (Phi) is 6.52. The highest BCUT2D eigenvalue weighted by molar-refractivity contribution is 7.17. The molecule has 0 aliphatic carbocycles. The summed E-state index contributed by atoms with van der Waals surface area (Å²) in [6.45, 7) is 3.60. The van der Waals surface area contributed by atoms with E-state index in [-0.39, 0.29) is 11.8 Å². The fourth-order valence-corrected chi connectivity index (χ4v) is 5.88. The number of nitrogens with zero attached hydrogens (tertiary/aromatic N) is 4. The van der Waals surface area contributed by atoms with Crippen LogP contribution in [0.5, 0.6) is 0 Å². The maximum Gasteiger partial charge on any atom is 0.265 e. The van der Waals surface area contributed by atoms with E-state index in [1.54, 1.807) is 30.5 Å². The van der Waals surface area contributed by atoms with Crippen LogP contribution in [-0.2, 0) is 0 Å². The molecule has 176 valence electrons. The van der Waals surface area contributed by atoms with Gasteiger partial charge in [0.15, 0.2) is 5.13 Å². The monoisotopic (exact) mass is 495 g/mol. The van der Waals surface area contributed by atoms with E-state index in [0.29, 0.717) is 26.0 Å². The molecule has 2 amide bonds. The number of aromatic nitrogens is 2. The van der Waals surface area contributed by atoms with Crippen LogP contribution in [0.4, 0.5) is 10.8 Å². The predicted octanol–water partition coefficient (Wildman–Crippen LogP) is 4.97. The van der Waals surface area contributed by atoms with Gasteiger partial charge in [0.05, 0.1) is 16.8 Å². The molecule has 0 saturated carbocycles. The zero-order valence-corrected chi connectivity index (χ0v) is 20.3. The number of pyridine rings is 1. The molecule has 2 aliphatic heterocycles. The number of rotatable bonds is 4. The first-order chi connectivity index (χ1) is 16.5. The van der Waals surface area contributed by atoms with E-state index in [9.17, 15) is 9.59 Å². The Bertz CT molecular complexity index is 1170. The second kappa shape index (κ2) is 9.72. The minimum absolute atomic E-state index is 0.0141. The zero-order valence-electron chi connectivity index (χ0n) is 18.7. The summed E-state index contributed by atoms with van der Waals surface area (Å²) >= 11 is 7.30. The van der Waals surface area contributed by atoms with E-state index in [0.717, 1.165) is 51.9 Å². The van der Waals surface area contributed by atoms with Crippen LogP contribution in [-0.4, -0.2) is 52.9 Å². The Morgan fingerprint density at radius 3 is 2.35 bits per heavy atom. The number of benzene rings is 1. The normalized spacial score (nSPS) is 17.6. The van der Waals surface area contributed by atoms with Crippen LogP contribution in [0.1, 0.15) is 45.7 Å². The van der Waals surface area contributed by atoms with Gasteiger partial charge in [-0.15, -0.1) is 0 Å². The van der Waals surface area contributed by atoms with E-state index < -0.39 is 0 Å². The summed E-state index contributed by atoms with van der Waals surface area (Å²) in [4.78, 5) is 38.8. The van der Waals surface area contributed by atoms with Gasteiger partial charge in [-0.1, -0.05) is 35.1 Å². The van der Waals surface area contributed by atoms with Crippen molar-refractivity contribution in [2.24, 2.45) is 5.41 Å². The fraction of sp³-hybridized carbons (Fsp3) is 0.360. The van der Waals surface area contributed by atoms with E-state index in [2.05, 4.69) is 32.3 Å². The van der Waals surface area contributed by atoms with Crippen LogP contribution < -0.4 is 10.2 Å². The maximum absolute atomic E-state index is 13.1. The first-order valence-corrected chi connectivity index (χ1v) is 12.7. The molecule has 2 saturated heterocycles. The van der Waals surface area contributed by atoms with Crippen molar-refractivity contribution in [3.63, 3.8) is 0 Å². The molecular weight excluding hydrogens is 470 g/mol. The summed E-state index contributed by atoms with van der Waals surface area (Å²) in [5.41, 5.74) is 1.94. The summed E-state index contributed by atoms with van der Waals surface area (Å²) in [5.74, 6) is -0.350. The number of nitrogens with one attached hydrogen (secondary N) is 1. The van der Waals surface area contributed by atoms with Crippen LogP contribution in [0.15, 0.2) is 55.0 Å². The number of hydrogen-bond acceptors (Lipinski definition) is 6. The molecule has 7 nitrogen and oxygen atoms in total. The molecule has 0 bridgehead atoms. The number of hydrogen-bond donors (Lipinski definition) is 1. The number of piperidine rings is 2. The lowest BCUT2D eigenvalue weighted by molar-refractivity contribution is 0.0519. The zero-order chi connectivity index (χ0) is 23.5. The first-order valence-electron chi connectivity index (χ1n) is 11.5. The van der Waals surface area contributed by atoms with Crippen molar-refractivity contribution in [1.82, 2.24) is 14.9 Å². The van der Waals surface area contributed by atoms with Crippen LogP contribution in [0.3, 0.4) is 0 Å². The topological polar surface area (TPSA) is 78.4 Å². The van der Waals surface area contributed by atoms with Crippen molar-refractivity contribution >= 4 is 45.6 Å². The summed E-state index contributed by atoms with van der Waals surface area (Å²) in [6.07, 6.45) is 9.59. The number of halogens is 1. The minimum Gasteiger partial charge on any atom is -0.371 e. The Morgan fingerprint density at radius 2 is 1.65 bits per heavy atom. The number of thiazole rings is 1. The largest absolute Gasteiger partial charge is 0.371 e. The van der Waals surface area contributed by atoms with Gasteiger partial charge in [-0.25, -0.2) is 4.98 Å². The molecule has 0 atom stereocenters. The summed E-state index contributed by atoms with van der Waals surface area (Å²) < 4.78 is 0. The van der Waals surface area contributed by atoms with E-state index in [4.69, 9.17) is 11.6 Å². The number of amides is 2. The van der Waals surface area contributed by atoms with Gasteiger partial charge in [0.25, 0.3) is 11.8 Å². The molecule has 2 fully saturated rings. The highest BCUT2D eigenvalue weighted by atomic mass is 35.5. The third kappa shape index (κ3) is 4.79. The second-order valence-electron chi connectivity index (χ2n) is 8.95. The number of anilines is 2. The lowest BCUT2D eigenvalue weighted by atomic mass is 9.71. The first kappa shape index (κ1) is 22.8. The molecule has 34 heavy (non-hydrogen) atoms. The highest BCUT2D eigenvalue weighted by Gasteiger charge is 2.39. The van der Waals surface area contributed by atoms with Crippen molar-refractivity contribution in [1.29, 1.82) is 0 Å². The van der Waals surface area contributed by atoms with Crippen molar-refractivity contribution in [2.75, 3.05) is 36.4 Å². The standard InChI is InChI=1S/C25H26ClN5O2S/c26-20-4-2-1-3-19(20)22(32)29-24-28-17-21(34-24)23(33)31-15-9-25(10-16-31)7-13-30(14-8-25)18-5-11-27-12-6-18/h1-6,11-12,17H,7-10,13-16H2,(H,28,29,32). The molecule has 2 aromatic heterocycles. The molecule has 2 aliphatic rings. The van der Waals surface area contributed by atoms with Gasteiger partial charge in [0, 0.05) is 44.3 Å². The van der Waals surface area contributed by atoms with Gasteiger partial charge in [0.2, 0.25) is 0 Å². The molecule has 1 N–H and O–H groups in total. The number of likely N-dealkylation sites (tertiary alicyclic amines) is 1. The van der Waals surface area contributed by atoms with Gasteiger partial charge in [-0.3, -0.25) is 19.9 Å². The lowest BCUT2D eigenvalue weighted by Crippen LogP contribution is -2.48. The van der Waals surface area contributed by atoms with Gasteiger partial charge in [0.1, 0.15) is 4.88 Å². The molecule has 9 heteroatoms. The Hall–Kier alpha value is -2.97. The Balaban J connectivity index is 1.15. The SMILES string of the molecule is O=C(Nc1ncc(C(=O)N2CCC3(CC2)CCN(c2ccncc2)CC3)s1)c1ccccc1Cl. The van der Waals surface area contributed by atoms with Crippen molar-refractivity contribution in [2.45, 2.75) is 25.7 Å². The molecule has 0 unspecified atom stereocenters. The number of carbonyl (C=O) groups excluding carboxylic acids is 2. The van der Waals surface area contributed by atoms with Gasteiger partial charge in [-0.2, -0.15) is 0 Å². The second-order valence-corrected chi connectivity index (χ2v) is 10.4. The molecule has 0 radical (unpaired) electrons. The van der Waals surface area contributed by atoms with E-state index in [1.165, 1.54) is 17.0 Å². The summed E-state index contributed by atoms with van der Waals surface area (Å²) in [6, 6.07) is 11.0. The highest BCUT2D eigenvalue weighted by Crippen LogP contribution is 2.42. The summed E-state index contributed by atoms with van der Waals surface area (Å²) in [5, 5.41) is 3.52. The maximum atomic E-state index is 13.1. The third-order valence-electron chi connectivity index (χ3n) is 7.02. The Morgan fingerprint density at radius 1 is 0.971 bits per heavy atom. The predicted molar refractivity (Wildman–Crippen MR) is 135 cm³/mol. The van der Waals surface area contributed by atoms with Gasteiger partial charge >= 0.3 is 0 Å². The minimum atomic E-state index is -0.336. The lowest BCUT2D eigenvalue weighted by Gasteiger charge is -2.47. The molecule has 5 rings (SSSR count). The molecular formula is C25H26ClN5O2S. The number of carbonyl (C=O) groups is 2. The van der Waals surface area contributed by atoms with Crippen LogP contribution in [0.2, 0.25) is 5.02 Å². The summed E-state index contributed by atoms with van der Waals surface area (Å²) in [7, 11) is 0. The smallest absolute Gasteiger partial charge is 0.265 e. The molecule has 3 aromatic rings. The van der Waals surface area contributed by atoms with Crippen molar-refractivity contribution in [3.8, 4) is 0 Å². The molecule has 1 aromatic carbocycles.